The van der Waals surface area contributed by atoms with Gasteiger partial charge in [-0.05, 0) is 50.7 Å². The highest BCUT2D eigenvalue weighted by atomic mass is 32.1. The van der Waals surface area contributed by atoms with Crippen LogP contribution < -0.4 is 5.32 Å². The minimum Gasteiger partial charge on any atom is -0.347 e. The first-order valence-electron chi connectivity index (χ1n) is 7.64. The van der Waals surface area contributed by atoms with Crippen LogP contribution in [0.3, 0.4) is 0 Å². The molecule has 20 heavy (non-hydrogen) atoms. The largest absolute Gasteiger partial charge is 0.347 e. The minimum absolute atomic E-state index is 0.305. The van der Waals surface area contributed by atoms with Gasteiger partial charge in [0.15, 0.2) is 0 Å². The van der Waals surface area contributed by atoms with Crippen molar-refractivity contribution in [3.8, 4) is 0 Å². The lowest BCUT2D eigenvalue weighted by Crippen LogP contribution is -2.24. The Hall–Kier alpha value is -1.13. The zero-order valence-corrected chi connectivity index (χ0v) is 13.1. The van der Waals surface area contributed by atoms with Crippen molar-refractivity contribution < 1.29 is 0 Å². The highest BCUT2D eigenvalue weighted by molar-refractivity contribution is 7.12. The predicted molar refractivity (Wildman–Crippen MR) is 84.1 cm³/mol. The molecule has 0 saturated heterocycles. The highest BCUT2D eigenvalue weighted by Gasteiger charge is 2.19. The summed E-state index contributed by atoms with van der Waals surface area (Å²) in [6.07, 6.45) is 10.0. The molecule has 0 amide bonds. The Bertz CT molecular complexity index is 521. The summed E-state index contributed by atoms with van der Waals surface area (Å²) in [5.41, 5.74) is 1.59. The summed E-state index contributed by atoms with van der Waals surface area (Å²) in [6.45, 7) is 4.47. The standard InChI is InChI=1S/C16H23N3S/c1-3-13(16-17-8-9-18-16)19-11(2)15-10-12-6-4-5-7-14(12)20-15/h8-11,13,19H,3-7H2,1-2H3,(H,17,18). The van der Waals surface area contributed by atoms with Gasteiger partial charge in [-0.3, -0.25) is 5.32 Å². The SMILES string of the molecule is CCC(NC(C)c1cc2c(s1)CCCC2)c1ncc[nH]1. The molecule has 108 valence electrons. The summed E-state index contributed by atoms with van der Waals surface area (Å²) in [7, 11) is 0. The third kappa shape index (κ3) is 2.81. The minimum atomic E-state index is 0.305. The Morgan fingerprint density at radius 2 is 2.25 bits per heavy atom. The van der Waals surface area contributed by atoms with Crippen molar-refractivity contribution in [1.82, 2.24) is 15.3 Å². The van der Waals surface area contributed by atoms with E-state index in [2.05, 4.69) is 35.2 Å². The van der Waals surface area contributed by atoms with Crippen LogP contribution in [-0.2, 0) is 12.8 Å². The van der Waals surface area contributed by atoms with Crippen LogP contribution in [-0.4, -0.2) is 9.97 Å². The fourth-order valence-corrected chi connectivity index (χ4v) is 4.24. The number of aromatic amines is 1. The number of H-pyrrole nitrogens is 1. The van der Waals surface area contributed by atoms with Crippen molar-refractivity contribution in [2.24, 2.45) is 0 Å². The Labute approximate surface area is 124 Å². The molecule has 2 unspecified atom stereocenters. The molecule has 0 fully saturated rings. The number of thiophene rings is 1. The first kappa shape index (κ1) is 13.8. The molecule has 0 aromatic carbocycles. The zero-order valence-electron chi connectivity index (χ0n) is 12.3. The van der Waals surface area contributed by atoms with Gasteiger partial charge in [0.2, 0.25) is 0 Å². The molecular weight excluding hydrogens is 266 g/mol. The number of fused-ring (bicyclic) bond motifs is 1. The maximum absolute atomic E-state index is 4.38. The second-order valence-electron chi connectivity index (χ2n) is 5.63. The molecule has 2 N–H and O–H groups in total. The van der Waals surface area contributed by atoms with E-state index in [4.69, 9.17) is 0 Å². The van der Waals surface area contributed by atoms with Gasteiger partial charge < -0.3 is 4.98 Å². The average molecular weight is 289 g/mol. The average Bonchev–Trinajstić information content (AvgIpc) is 3.13. The quantitative estimate of drug-likeness (QED) is 0.868. The molecule has 3 nitrogen and oxygen atoms in total. The third-order valence-corrected chi connectivity index (χ3v) is 5.57. The summed E-state index contributed by atoms with van der Waals surface area (Å²) in [4.78, 5) is 10.7. The second-order valence-corrected chi connectivity index (χ2v) is 6.80. The number of nitrogens with one attached hydrogen (secondary N) is 2. The number of aryl methyl sites for hydroxylation is 2. The van der Waals surface area contributed by atoms with Gasteiger partial charge in [-0.1, -0.05) is 6.92 Å². The van der Waals surface area contributed by atoms with Crippen molar-refractivity contribution in [2.45, 2.75) is 58.0 Å². The van der Waals surface area contributed by atoms with Crippen molar-refractivity contribution in [3.63, 3.8) is 0 Å². The van der Waals surface area contributed by atoms with Crippen LogP contribution in [0, 0.1) is 0 Å². The summed E-state index contributed by atoms with van der Waals surface area (Å²) in [5, 5.41) is 3.71. The predicted octanol–water partition coefficient (Wildman–Crippen LogP) is 4.15. The van der Waals surface area contributed by atoms with Crippen molar-refractivity contribution >= 4 is 11.3 Å². The Morgan fingerprint density at radius 1 is 1.40 bits per heavy atom. The molecule has 1 aliphatic carbocycles. The van der Waals surface area contributed by atoms with Crippen molar-refractivity contribution in [3.05, 3.63) is 39.6 Å². The molecule has 0 radical (unpaired) electrons. The molecule has 2 aromatic heterocycles. The van der Waals surface area contributed by atoms with E-state index >= 15 is 0 Å². The monoisotopic (exact) mass is 289 g/mol. The lowest BCUT2D eigenvalue weighted by atomic mass is 9.99. The van der Waals surface area contributed by atoms with E-state index in [0.29, 0.717) is 12.1 Å². The van der Waals surface area contributed by atoms with Crippen LogP contribution in [0.25, 0.3) is 0 Å². The molecule has 2 heterocycles. The van der Waals surface area contributed by atoms with Crippen LogP contribution in [0.4, 0.5) is 0 Å². The van der Waals surface area contributed by atoms with Gasteiger partial charge in [-0.2, -0.15) is 0 Å². The topological polar surface area (TPSA) is 40.7 Å². The number of rotatable bonds is 5. The number of nitrogens with zero attached hydrogens (tertiary/aromatic N) is 1. The fourth-order valence-electron chi connectivity index (χ4n) is 2.97. The molecular formula is C16H23N3S. The number of hydrogen-bond acceptors (Lipinski definition) is 3. The smallest absolute Gasteiger partial charge is 0.123 e. The van der Waals surface area contributed by atoms with E-state index in [9.17, 15) is 0 Å². The molecule has 3 rings (SSSR count). The van der Waals surface area contributed by atoms with Gasteiger partial charge in [0.1, 0.15) is 5.82 Å². The fraction of sp³-hybridized carbons (Fsp3) is 0.562. The summed E-state index contributed by atoms with van der Waals surface area (Å²) in [6, 6.07) is 3.12. The van der Waals surface area contributed by atoms with E-state index in [0.717, 1.165) is 12.2 Å². The number of hydrogen-bond donors (Lipinski definition) is 2. The van der Waals surface area contributed by atoms with Crippen LogP contribution >= 0.6 is 11.3 Å². The lowest BCUT2D eigenvalue weighted by Gasteiger charge is -2.19. The molecule has 4 heteroatoms. The Balaban J connectivity index is 1.72. The second kappa shape index (κ2) is 6.10. The summed E-state index contributed by atoms with van der Waals surface area (Å²) >= 11 is 2.00. The molecule has 2 atom stereocenters. The van der Waals surface area contributed by atoms with Crippen LogP contribution in [0.1, 0.15) is 66.3 Å². The lowest BCUT2D eigenvalue weighted by molar-refractivity contribution is 0.445. The van der Waals surface area contributed by atoms with Gasteiger partial charge in [-0.15, -0.1) is 11.3 Å². The van der Waals surface area contributed by atoms with E-state index in [1.807, 2.05) is 23.7 Å². The number of aromatic nitrogens is 2. The first-order chi connectivity index (χ1) is 9.78. The van der Waals surface area contributed by atoms with E-state index in [1.165, 1.54) is 30.6 Å². The van der Waals surface area contributed by atoms with Crippen LogP contribution in [0.2, 0.25) is 0 Å². The molecule has 0 saturated carbocycles. The maximum atomic E-state index is 4.38. The maximum Gasteiger partial charge on any atom is 0.123 e. The van der Waals surface area contributed by atoms with Gasteiger partial charge in [0.05, 0.1) is 6.04 Å². The molecule has 2 aromatic rings. The van der Waals surface area contributed by atoms with Gasteiger partial charge in [-0.25, -0.2) is 4.98 Å². The zero-order chi connectivity index (χ0) is 13.9. The van der Waals surface area contributed by atoms with Gasteiger partial charge in [0, 0.05) is 28.2 Å². The van der Waals surface area contributed by atoms with Crippen molar-refractivity contribution in [1.29, 1.82) is 0 Å². The van der Waals surface area contributed by atoms with E-state index in [1.54, 1.807) is 10.4 Å². The van der Waals surface area contributed by atoms with E-state index in [-0.39, 0.29) is 0 Å². The van der Waals surface area contributed by atoms with Crippen LogP contribution in [0.5, 0.6) is 0 Å². The molecule has 0 spiro atoms. The normalized spacial score (nSPS) is 17.7. The van der Waals surface area contributed by atoms with Gasteiger partial charge >= 0.3 is 0 Å². The van der Waals surface area contributed by atoms with E-state index < -0.39 is 0 Å². The molecule has 1 aliphatic rings. The third-order valence-electron chi connectivity index (χ3n) is 4.15. The first-order valence-corrected chi connectivity index (χ1v) is 8.46. The molecule has 0 aliphatic heterocycles. The van der Waals surface area contributed by atoms with Gasteiger partial charge in [0.25, 0.3) is 0 Å². The van der Waals surface area contributed by atoms with Crippen LogP contribution in [0.15, 0.2) is 18.5 Å². The van der Waals surface area contributed by atoms with Crippen molar-refractivity contribution in [2.75, 3.05) is 0 Å². The highest BCUT2D eigenvalue weighted by Crippen LogP contribution is 2.33. The Morgan fingerprint density at radius 3 is 2.95 bits per heavy atom. The summed E-state index contributed by atoms with van der Waals surface area (Å²) < 4.78 is 0. The number of imidazole rings is 1. The molecule has 0 bridgehead atoms. The summed E-state index contributed by atoms with van der Waals surface area (Å²) in [5.74, 6) is 1.04. The Kier molecular flexibility index (Phi) is 4.22.